The zero-order chi connectivity index (χ0) is 23.1. The monoisotopic (exact) mass is 505 g/mol. The number of hydrogen-bond donors (Lipinski definition) is 1. The van der Waals surface area contributed by atoms with Crippen LogP contribution in [0.3, 0.4) is 0 Å². The van der Waals surface area contributed by atoms with Crippen molar-refractivity contribution >= 4 is 33.6 Å². The Bertz CT molecular complexity index is 1120. The van der Waals surface area contributed by atoms with E-state index in [-0.39, 0.29) is 5.69 Å². The van der Waals surface area contributed by atoms with E-state index in [2.05, 4.69) is 21.2 Å². The summed E-state index contributed by atoms with van der Waals surface area (Å²) in [5.74, 6) is 0.416. The lowest BCUT2D eigenvalue weighted by Crippen LogP contribution is -2.10. The van der Waals surface area contributed by atoms with Crippen molar-refractivity contribution < 1.29 is 27.4 Å². The van der Waals surface area contributed by atoms with Crippen LogP contribution in [0.1, 0.15) is 16.7 Å². The standard InChI is InChI=1S/C24H19BrF3NO3/c1-31-21-13-17(12-20(25)23(21)32-15-16-6-3-2-4-7-16)10-11-22(30)29-19-9-5-8-18(14-19)24(26,27)28/h2-14H,15H2,1H3,(H,29,30). The number of ether oxygens (including phenoxy) is 2. The van der Waals surface area contributed by atoms with Crippen LogP contribution in [0.5, 0.6) is 11.5 Å². The number of halogens is 4. The summed E-state index contributed by atoms with van der Waals surface area (Å²) in [6.07, 6.45) is -1.73. The van der Waals surface area contributed by atoms with Crippen molar-refractivity contribution in [1.29, 1.82) is 0 Å². The molecule has 0 radical (unpaired) electrons. The molecule has 0 aliphatic rings. The largest absolute Gasteiger partial charge is 0.493 e. The second-order valence-electron chi connectivity index (χ2n) is 6.71. The van der Waals surface area contributed by atoms with Crippen molar-refractivity contribution in [3.05, 3.63) is 94.0 Å². The number of alkyl halides is 3. The molecule has 0 fully saturated rings. The molecule has 0 aliphatic heterocycles. The first kappa shape index (κ1) is 23.4. The van der Waals surface area contributed by atoms with Gasteiger partial charge < -0.3 is 14.8 Å². The van der Waals surface area contributed by atoms with E-state index >= 15 is 0 Å². The van der Waals surface area contributed by atoms with Gasteiger partial charge in [0.15, 0.2) is 11.5 Å². The van der Waals surface area contributed by atoms with E-state index in [1.165, 1.54) is 31.4 Å². The van der Waals surface area contributed by atoms with Crippen LogP contribution >= 0.6 is 15.9 Å². The van der Waals surface area contributed by atoms with Crippen LogP contribution in [0.15, 0.2) is 77.3 Å². The van der Waals surface area contributed by atoms with Crippen LogP contribution in [0.4, 0.5) is 18.9 Å². The number of anilines is 1. The number of hydrogen-bond acceptors (Lipinski definition) is 3. The van der Waals surface area contributed by atoms with Gasteiger partial charge in [-0.1, -0.05) is 36.4 Å². The van der Waals surface area contributed by atoms with Crippen LogP contribution in [0.25, 0.3) is 6.08 Å². The van der Waals surface area contributed by atoms with Gasteiger partial charge in [-0.3, -0.25) is 4.79 Å². The molecule has 3 rings (SSSR count). The summed E-state index contributed by atoms with van der Waals surface area (Å²) >= 11 is 3.45. The Hall–Kier alpha value is -3.26. The van der Waals surface area contributed by atoms with Gasteiger partial charge in [-0.05, 0) is 63.5 Å². The molecule has 0 aliphatic carbocycles. The minimum absolute atomic E-state index is 0.0536. The summed E-state index contributed by atoms with van der Waals surface area (Å²) in [5, 5.41) is 2.42. The first-order valence-electron chi connectivity index (χ1n) is 9.47. The van der Waals surface area contributed by atoms with E-state index in [1.54, 1.807) is 12.1 Å². The van der Waals surface area contributed by atoms with Crippen LogP contribution in [-0.4, -0.2) is 13.0 Å². The fourth-order valence-corrected chi connectivity index (χ4v) is 3.41. The Morgan fingerprint density at radius 2 is 1.81 bits per heavy atom. The van der Waals surface area contributed by atoms with E-state index < -0.39 is 17.6 Å². The average Bonchev–Trinajstić information content (AvgIpc) is 2.77. The predicted molar refractivity (Wildman–Crippen MR) is 121 cm³/mol. The second-order valence-corrected chi connectivity index (χ2v) is 7.56. The molecule has 0 saturated heterocycles. The highest BCUT2D eigenvalue weighted by molar-refractivity contribution is 9.10. The molecule has 4 nitrogen and oxygen atoms in total. The van der Waals surface area contributed by atoms with Crippen molar-refractivity contribution in [3.63, 3.8) is 0 Å². The van der Waals surface area contributed by atoms with E-state index in [0.29, 0.717) is 28.1 Å². The zero-order valence-electron chi connectivity index (χ0n) is 16.9. The third kappa shape index (κ3) is 6.37. The fraction of sp³-hybridized carbons (Fsp3) is 0.125. The van der Waals surface area contributed by atoms with Crippen LogP contribution in [0, 0.1) is 0 Å². The molecule has 1 N–H and O–H groups in total. The minimum Gasteiger partial charge on any atom is -0.493 e. The van der Waals surface area contributed by atoms with Crippen molar-refractivity contribution in [3.8, 4) is 11.5 Å². The van der Waals surface area contributed by atoms with Gasteiger partial charge in [-0.15, -0.1) is 0 Å². The zero-order valence-corrected chi connectivity index (χ0v) is 18.5. The van der Waals surface area contributed by atoms with Gasteiger partial charge in [-0.25, -0.2) is 0 Å². The van der Waals surface area contributed by atoms with Gasteiger partial charge in [0.05, 0.1) is 17.1 Å². The van der Waals surface area contributed by atoms with Gasteiger partial charge in [0, 0.05) is 11.8 Å². The Kier molecular flexibility index (Phi) is 7.58. The number of amides is 1. The summed E-state index contributed by atoms with van der Waals surface area (Å²) in [4.78, 5) is 12.2. The molecular weight excluding hydrogens is 487 g/mol. The van der Waals surface area contributed by atoms with E-state index in [9.17, 15) is 18.0 Å². The second kappa shape index (κ2) is 10.4. The molecule has 166 valence electrons. The number of methoxy groups -OCH3 is 1. The number of rotatable bonds is 7. The summed E-state index contributed by atoms with van der Waals surface area (Å²) in [6.45, 7) is 0.352. The maximum absolute atomic E-state index is 12.8. The van der Waals surface area contributed by atoms with E-state index in [0.717, 1.165) is 17.7 Å². The highest BCUT2D eigenvalue weighted by atomic mass is 79.9. The molecule has 0 heterocycles. The Labute approximate surface area is 191 Å². The summed E-state index contributed by atoms with van der Waals surface area (Å²) in [5.41, 5.74) is 0.855. The van der Waals surface area contributed by atoms with Crippen molar-refractivity contribution in [1.82, 2.24) is 0 Å². The predicted octanol–water partition coefficient (Wildman–Crippen LogP) is 6.71. The van der Waals surface area contributed by atoms with Crippen molar-refractivity contribution in [2.75, 3.05) is 12.4 Å². The van der Waals surface area contributed by atoms with Gasteiger partial charge >= 0.3 is 6.18 Å². The third-order valence-electron chi connectivity index (χ3n) is 4.36. The number of benzene rings is 3. The molecular formula is C24H19BrF3NO3. The number of carbonyl (C=O) groups is 1. The highest BCUT2D eigenvalue weighted by Crippen LogP contribution is 2.37. The first-order chi connectivity index (χ1) is 15.3. The highest BCUT2D eigenvalue weighted by Gasteiger charge is 2.30. The third-order valence-corrected chi connectivity index (χ3v) is 4.95. The molecule has 32 heavy (non-hydrogen) atoms. The maximum atomic E-state index is 12.8. The van der Waals surface area contributed by atoms with Crippen LogP contribution in [-0.2, 0) is 17.6 Å². The Morgan fingerprint density at radius 3 is 2.50 bits per heavy atom. The molecule has 0 unspecified atom stereocenters. The molecule has 3 aromatic rings. The van der Waals surface area contributed by atoms with E-state index in [1.807, 2.05) is 30.3 Å². The molecule has 0 saturated carbocycles. The minimum atomic E-state index is -4.48. The summed E-state index contributed by atoms with van der Waals surface area (Å²) < 4.78 is 50.4. The normalized spacial score (nSPS) is 11.4. The van der Waals surface area contributed by atoms with Crippen molar-refractivity contribution in [2.24, 2.45) is 0 Å². The number of carbonyl (C=O) groups excluding carboxylic acids is 1. The maximum Gasteiger partial charge on any atom is 0.416 e. The SMILES string of the molecule is COc1cc(C=CC(=O)Nc2cccc(C(F)(F)F)c2)cc(Br)c1OCc1ccccc1. The molecule has 3 aromatic carbocycles. The molecule has 1 amide bonds. The summed E-state index contributed by atoms with van der Waals surface area (Å²) in [6, 6.07) is 17.5. The molecule has 0 atom stereocenters. The fourth-order valence-electron chi connectivity index (χ4n) is 2.83. The first-order valence-corrected chi connectivity index (χ1v) is 10.3. The molecule has 0 spiro atoms. The van der Waals surface area contributed by atoms with Crippen LogP contribution in [0.2, 0.25) is 0 Å². The van der Waals surface area contributed by atoms with Gasteiger partial charge in [0.1, 0.15) is 6.61 Å². The quantitative estimate of drug-likeness (QED) is 0.363. The lowest BCUT2D eigenvalue weighted by molar-refractivity contribution is -0.137. The smallest absolute Gasteiger partial charge is 0.416 e. The van der Waals surface area contributed by atoms with Crippen molar-refractivity contribution in [2.45, 2.75) is 12.8 Å². The van der Waals surface area contributed by atoms with Gasteiger partial charge in [0.2, 0.25) is 5.91 Å². The lowest BCUT2D eigenvalue weighted by Gasteiger charge is -2.13. The average molecular weight is 506 g/mol. The molecule has 8 heteroatoms. The van der Waals surface area contributed by atoms with E-state index in [4.69, 9.17) is 9.47 Å². The Morgan fingerprint density at radius 1 is 1.06 bits per heavy atom. The molecule has 0 aromatic heterocycles. The molecule has 0 bridgehead atoms. The lowest BCUT2D eigenvalue weighted by atomic mass is 10.1. The Balaban J connectivity index is 1.70. The number of nitrogens with one attached hydrogen (secondary N) is 1. The topological polar surface area (TPSA) is 47.6 Å². The van der Waals surface area contributed by atoms with Gasteiger partial charge in [-0.2, -0.15) is 13.2 Å². The summed E-state index contributed by atoms with van der Waals surface area (Å²) in [7, 11) is 1.50. The van der Waals surface area contributed by atoms with Crippen LogP contribution < -0.4 is 14.8 Å². The van der Waals surface area contributed by atoms with Gasteiger partial charge in [0.25, 0.3) is 0 Å².